The lowest BCUT2D eigenvalue weighted by molar-refractivity contribution is -0.118. The van der Waals surface area contributed by atoms with E-state index in [1.807, 2.05) is 41.0 Å². The highest BCUT2D eigenvalue weighted by molar-refractivity contribution is 7.99. The summed E-state index contributed by atoms with van der Waals surface area (Å²) in [7, 11) is 1.61. The van der Waals surface area contributed by atoms with Crippen LogP contribution in [0.3, 0.4) is 0 Å². The molecule has 172 valence electrons. The van der Waals surface area contributed by atoms with Crippen LogP contribution in [0.1, 0.15) is 5.56 Å². The number of amides is 1. The standard InChI is InChI=1S/C24H20ClN5O3S/c1-33-21-11-5-17(6-12-21)23-28-29-24(30(23)19-9-7-18(25)8-10-19)34-15-22(32)27-26-14-16-3-2-4-20(31)13-16/h2-14,31H,15H2,1H3,(H,27,32)/b26-14-. The number of hydrogen-bond acceptors (Lipinski definition) is 7. The van der Waals surface area contributed by atoms with E-state index in [-0.39, 0.29) is 17.4 Å². The molecule has 0 radical (unpaired) electrons. The minimum atomic E-state index is -0.307. The topological polar surface area (TPSA) is 102 Å². The fourth-order valence-corrected chi connectivity index (χ4v) is 3.93. The maximum atomic E-state index is 12.3. The molecular formula is C24H20ClN5O3S. The van der Waals surface area contributed by atoms with Crippen LogP contribution in [0.5, 0.6) is 11.5 Å². The van der Waals surface area contributed by atoms with Gasteiger partial charge in [0.05, 0.1) is 19.1 Å². The fourth-order valence-electron chi connectivity index (χ4n) is 3.06. The van der Waals surface area contributed by atoms with Crippen LogP contribution in [-0.4, -0.2) is 44.9 Å². The van der Waals surface area contributed by atoms with E-state index in [0.29, 0.717) is 21.6 Å². The number of methoxy groups -OCH3 is 1. The van der Waals surface area contributed by atoms with Crippen LogP contribution >= 0.6 is 23.4 Å². The van der Waals surface area contributed by atoms with Crippen LogP contribution in [0.2, 0.25) is 5.02 Å². The smallest absolute Gasteiger partial charge is 0.250 e. The van der Waals surface area contributed by atoms with Gasteiger partial charge in [0.25, 0.3) is 5.91 Å². The van der Waals surface area contributed by atoms with Gasteiger partial charge in [-0.05, 0) is 66.2 Å². The van der Waals surface area contributed by atoms with E-state index in [2.05, 4.69) is 20.7 Å². The number of phenols is 1. The number of hydrogen-bond donors (Lipinski definition) is 2. The normalized spacial score (nSPS) is 11.0. The Balaban J connectivity index is 1.52. The van der Waals surface area contributed by atoms with Crippen molar-refractivity contribution < 1.29 is 14.6 Å². The van der Waals surface area contributed by atoms with Crippen molar-refractivity contribution in [2.24, 2.45) is 5.10 Å². The minimum absolute atomic E-state index is 0.0751. The lowest BCUT2D eigenvalue weighted by atomic mass is 10.2. The Morgan fingerprint density at radius 1 is 1.15 bits per heavy atom. The molecule has 8 nitrogen and oxygen atoms in total. The summed E-state index contributed by atoms with van der Waals surface area (Å²) in [5.41, 5.74) is 4.80. The van der Waals surface area contributed by atoms with E-state index in [1.165, 1.54) is 18.0 Å². The van der Waals surface area contributed by atoms with Gasteiger partial charge >= 0.3 is 0 Å². The van der Waals surface area contributed by atoms with Crippen molar-refractivity contribution in [2.45, 2.75) is 5.16 Å². The number of ether oxygens (including phenoxy) is 1. The molecule has 0 saturated heterocycles. The summed E-state index contributed by atoms with van der Waals surface area (Å²) in [6.07, 6.45) is 1.46. The van der Waals surface area contributed by atoms with Gasteiger partial charge in [-0.15, -0.1) is 10.2 Å². The van der Waals surface area contributed by atoms with Crippen LogP contribution in [0.25, 0.3) is 17.1 Å². The van der Waals surface area contributed by atoms with Gasteiger partial charge in [0.2, 0.25) is 0 Å². The number of rotatable bonds is 8. The summed E-state index contributed by atoms with van der Waals surface area (Å²) in [5, 5.41) is 23.3. The largest absolute Gasteiger partial charge is 0.508 e. The molecule has 0 bridgehead atoms. The van der Waals surface area contributed by atoms with Crippen molar-refractivity contribution in [1.29, 1.82) is 0 Å². The fraction of sp³-hybridized carbons (Fsp3) is 0.0833. The molecule has 0 spiro atoms. The summed E-state index contributed by atoms with van der Waals surface area (Å²) in [6.45, 7) is 0. The molecule has 4 aromatic rings. The summed E-state index contributed by atoms with van der Waals surface area (Å²) in [4.78, 5) is 12.3. The molecule has 1 heterocycles. The van der Waals surface area contributed by atoms with E-state index in [1.54, 1.807) is 43.5 Å². The van der Waals surface area contributed by atoms with Gasteiger partial charge in [-0.1, -0.05) is 35.5 Å². The lowest BCUT2D eigenvalue weighted by Crippen LogP contribution is -2.20. The quantitative estimate of drug-likeness (QED) is 0.212. The predicted octanol–water partition coefficient (Wildman–Crippen LogP) is 4.54. The first kappa shape index (κ1) is 23.3. The molecule has 4 rings (SSSR count). The maximum absolute atomic E-state index is 12.3. The molecule has 1 amide bonds. The zero-order chi connectivity index (χ0) is 23.9. The summed E-state index contributed by atoms with van der Waals surface area (Å²) in [6, 6.07) is 21.3. The average molecular weight is 494 g/mol. The number of thioether (sulfide) groups is 1. The molecule has 0 unspecified atom stereocenters. The highest BCUT2D eigenvalue weighted by Crippen LogP contribution is 2.29. The first-order valence-corrected chi connectivity index (χ1v) is 11.5. The zero-order valence-corrected chi connectivity index (χ0v) is 19.6. The van der Waals surface area contributed by atoms with Gasteiger partial charge in [-0.25, -0.2) is 5.43 Å². The number of aromatic hydroxyl groups is 1. The van der Waals surface area contributed by atoms with E-state index < -0.39 is 0 Å². The maximum Gasteiger partial charge on any atom is 0.250 e. The Labute approximate surface area is 205 Å². The van der Waals surface area contributed by atoms with Crippen molar-refractivity contribution in [1.82, 2.24) is 20.2 Å². The molecular weight excluding hydrogens is 474 g/mol. The van der Waals surface area contributed by atoms with Gasteiger partial charge in [0, 0.05) is 16.3 Å². The number of nitrogens with one attached hydrogen (secondary N) is 1. The van der Waals surface area contributed by atoms with Crippen LogP contribution in [0.4, 0.5) is 0 Å². The molecule has 10 heteroatoms. The number of carbonyl (C=O) groups excluding carboxylic acids is 1. The Bertz CT molecular complexity index is 1310. The van der Waals surface area contributed by atoms with E-state index in [9.17, 15) is 9.90 Å². The van der Waals surface area contributed by atoms with Crippen LogP contribution in [0.15, 0.2) is 83.1 Å². The molecule has 0 saturated carbocycles. The molecule has 0 fully saturated rings. The Morgan fingerprint density at radius 3 is 2.62 bits per heavy atom. The third kappa shape index (κ3) is 5.75. The molecule has 0 atom stereocenters. The second-order valence-corrected chi connectivity index (χ2v) is 8.40. The van der Waals surface area contributed by atoms with Gasteiger partial charge in [-0.3, -0.25) is 9.36 Å². The molecule has 0 aliphatic rings. The first-order chi connectivity index (χ1) is 16.5. The summed E-state index contributed by atoms with van der Waals surface area (Å²) < 4.78 is 7.11. The average Bonchev–Trinajstić information content (AvgIpc) is 3.27. The number of halogens is 1. The molecule has 0 aliphatic heterocycles. The number of nitrogens with zero attached hydrogens (tertiary/aromatic N) is 4. The Morgan fingerprint density at radius 2 is 1.91 bits per heavy atom. The van der Waals surface area contributed by atoms with E-state index in [0.717, 1.165) is 17.0 Å². The van der Waals surface area contributed by atoms with Gasteiger partial charge in [0.15, 0.2) is 11.0 Å². The number of hydrazone groups is 1. The third-order valence-corrected chi connectivity index (χ3v) is 5.85. The van der Waals surface area contributed by atoms with Crippen molar-refractivity contribution in [2.75, 3.05) is 12.9 Å². The third-order valence-electron chi connectivity index (χ3n) is 4.67. The zero-order valence-electron chi connectivity index (χ0n) is 18.1. The van der Waals surface area contributed by atoms with Crippen molar-refractivity contribution in [3.05, 3.63) is 83.4 Å². The minimum Gasteiger partial charge on any atom is -0.508 e. The Hall–Kier alpha value is -3.82. The Kier molecular flexibility index (Phi) is 7.46. The molecule has 34 heavy (non-hydrogen) atoms. The van der Waals surface area contributed by atoms with Crippen LogP contribution in [-0.2, 0) is 4.79 Å². The SMILES string of the molecule is COc1ccc(-c2nnc(SCC(=O)N/N=C\c3cccc(O)c3)n2-c2ccc(Cl)cc2)cc1. The van der Waals surface area contributed by atoms with Crippen LogP contribution < -0.4 is 10.2 Å². The highest BCUT2D eigenvalue weighted by atomic mass is 35.5. The van der Waals surface area contributed by atoms with Gasteiger partial charge in [-0.2, -0.15) is 5.10 Å². The van der Waals surface area contributed by atoms with Crippen molar-refractivity contribution in [3.8, 4) is 28.6 Å². The summed E-state index contributed by atoms with van der Waals surface area (Å²) in [5.74, 6) is 1.25. The van der Waals surface area contributed by atoms with E-state index >= 15 is 0 Å². The molecule has 1 aromatic heterocycles. The monoisotopic (exact) mass is 493 g/mol. The first-order valence-electron chi connectivity index (χ1n) is 10.1. The molecule has 0 aliphatic carbocycles. The van der Waals surface area contributed by atoms with Crippen LogP contribution in [0, 0.1) is 0 Å². The number of phenolic OH excluding ortho intramolecular Hbond substituents is 1. The van der Waals surface area contributed by atoms with Gasteiger partial charge in [0.1, 0.15) is 11.5 Å². The number of aromatic nitrogens is 3. The second kappa shape index (κ2) is 10.9. The lowest BCUT2D eigenvalue weighted by Gasteiger charge is -2.11. The van der Waals surface area contributed by atoms with Gasteiger partial charge < -0.3 is 9.84 Å². The number of carbonyl (C=O) groups is 1. The molecule has 2 N–H and O–H groups in total. The van der Waals surface area contributed by atoms with Crippen molar-refractivity contribution in [3.63, 3.8) is 0 Å². The molecule has 3 aromatic carbocycles. The number of benzene rings is 3. The summed E-state index contributed by atoms with van der Waals surface area (Å²) >= 11 is 7.30. The van der Waals surface area contributed by atoms with E-state index in [4.69, 9.17) is 16.3 Å². The predicted molar refractivity (Wildman–Crippen MR) is 133 cm³/mol. The second-order valence-electron chi connectivity index (χ2n) is 7.02. The van der Waals surface area contributed by atoms with Crippen molar-refractivity contribution >= 4 is 35.5 Å². The highest BCUT2D eigenvalue weighted by Gasteiger charge is 2.17.